The van der Waals surface area contributed by atoms with Gasteiger partial charge in [-0.1, -0.05) is 0 Å². The molecule has 3 nitrogen and oxygen atoms in total. The SMILES string of the molecule is Cl.O=C(CSc1ccc(F)cc1)N1CC[C@@H]2CNC[C@@H]2CC1. The number of hydrogen-bond acceptors (Lipinski definition) is 3. The first kappa shape index (κ1) is 17.6. The first-order chi connectivity index (χ1) is 10.2. The standard InChI is InChI=1S/C16H21FN2OS.ClH/c17-14-1-3-15(4-2-14)21-11-16(20)19-7-5-12-9-18-10-13(12)6-8-19;/h1-4,12-13,18H,5-11H2;1H/t12-,13+;. The average Bonchev–Trinajstić information content (AvgIpc) is 2.85. The Morgan fingerprint density at radius 3 is 2.36 bits per heavy atom. The molecule has 1 N–H and O–H groups in total. The molecule has 2 aliphatic heterocycles. The molecule has 6 heteroatoms. The number of nitrogens with one attached hydrogen (secondary N) is 1. The van der Waals surface area contributed by atoms with Crippen molar-refractivity contribution in [1.29, 1.82) is 0 Å². The Bertz CT molecular complexity index is 485. The Balaban J connectivity index is 0.00000176. The van der Waals surface area contributed by atoms with E-state index in [4.69, 9.17) is 0 Å². The summed E-state index contributed by atoms with van der Waals surface area (Å²) in [7, 11) is 0. The molecule has 122 valence electrons. The van der Waals surface area contributed by atoms with Gasteiger partial charge in [-0.05, 0) is 62.0 Å². The molecule has 1 aromatic carbocycles. The zero-order valence-electron chi connectivity index (χ0n) is 12.5. The highest BCUT2D eigenvalue weighted by Gasteiger charge is 2.31. The van der Waals surface area contributed by atoms with Crippen LogP contribution in [-0.4, -0.2) is 42.7 Å². The predicted octanol–water partition coefficient (Wildman–Crippen LogP) is 2.80. The van der Waals surface area contributed by atoms with Gasteiger partial charge in [0.1, 0.15) is 5.82 Å². The maximum Gasteiger partial charge on any atom is 0.232 e. The highest BCUT2D eigenvalue weighted by atomic mass is 35.5. The van der Waals surface area contributed by atoms with E-state index in [1.807, 2.05) is 4.90 Å². The number of likely N-dealkylation sites (tertiary alicyclic amines) is 1. The Morgan fingerprint density at radius 2 is 1.77 bits per heavy atom. The van der Waals surface area contributed by atoms with E-state index in [1.54, 1.807) is 12.1 Å². The Morgan fingerprint density at radius 1 is 1.18 bits per heavy atom. The molecule has 0 saturated carbocycles. The van der Waals surface area contributed by atoms with E-state index in [2.05, 4.69) is 5.32 Å². The zero-order chi connectivity index (χ0) is 14.7. The van der Waals surface area contributed by atoms with Crippen LogP contribution in [-0.2, 0) is 4.79 Å². The number of benzene rings is 1. The molecule has 2 atom stereocenters. The number of carbonyl (C=O) groups is 1. The van der Waals surface area contributed by atoms with Crippen LogP contribution >= 0.6 is 24.2 Å². The van der Waals surface area contributed by atoms with Crippen molar-refractivity contribution in [1.82, 2.24) is 10.2 Å². The number of amides is 1. The lowest BCUT2D eigenvalue weighted by Crippen LogP contribution is -2.34. The number of carbonyl (C=O) groups excluding carboxylic acids is 1. The van der Waals surface area contributed by atoms with Gasteiger partial charge in [0.15, 0.2) is 0 Å². The molecular formula is C16H22ClFN2OS. The van der Waals surface area contributed by atoms with E-state index in [9.17, 15) is 9.18 Å². The Kier molecular flexibility index (Phi) is 6.53. The van der Waals surface area contributed by atoms with Gasteiger partial charge in [-0.2, -0.15) is 0 Å². The van der Waals surface area contributed by atoms with E-state index in [-0.39, 0.29) is 24.1 Å². The number of fused-ring (bicyclic) bond motifs is 1. The first-order valence-corrected chi connectivity index (χ1v) is 8.58. The summed E-state index contributed by atoms with van der Waals surface area (Å²) in [6, 6.07) is 6.33. The maximum absolute atomic E-state index is 12.8. The van der Waals surface area contributed by atoms with Crippen molar-refractivity contribution in [2.45, 2.75) is 17.7 Å². The molecule has 22 heavy (non-hydrogen) atoms. The van der Waals surface area contributed by atoms with Gasteiger partial charge >= 0.3 is 0 Å². The topological polar surface area (TPSA) is 32.3 Å². The summed E-state index contributed by atoms with van der Waals surface area (Å²) in [6.45, 7) is 3.98. The minimum absolute atomic E-state index is 0. The maximum atomic E-state index is 12.8. The van der Waals surface area contributed by atoms with E-state index in [1.165, 1.54) is 23.9 Å². The van der Waals surface area contributed by atoms with Crippen molar-refractivity contribution in [3.8, 4) is 0 Å². The van der Waals surface area contributed by atoms with E-state index < -0.39 is 0 Å². The summed E-state index contributed by atoms with van der Waals surface area (Å²) >= 11 is 1.49. The van der Waals surface area contributed by atoms with Crippen LogP contribution in [0.15, 0.2) is 29.2 Å². The summed E-state index contributed by atoms with van der Waals surface area (Å²) in [5.74, 6) is 1.90. The van der Waals surface area contributed by atoms with Crippen molar-refractivity contribution in [3.63, 3.8) is 0 Å². The van der Waals surface area contributed by atoms with Crippen LogP contribution in [0.25, 0.3) is 0 Å². The Hall–Kier alpha value is -0.780. The van der Waals surface area contributed by atoms with Crippen LogP contribution in [0, 0.1) is 17.7 Å². The van der Waals surface area contributed by atoms with Gasteiger partial charge in [0.05, 0.1) is 5.75 Å². The molecule has 0 spiro atoms. The molecule has 1 aromatic rings. The molecule has 2 saturated heterocycles. The molecule has 2 aliphatic rings. The quantitative estimate of drug-likeness (QED) is 0.856. The van der Waals surface area contributed by atoms with Crippen LogP contribution in [0.3, 0.4) is 0 Å². The molecule has 2 heterocycles. The van der Waals surface area contributed by atoms with Crippen molar-refractivity contribution < 1.29 is 9.18 Å². The summed E-state index contributed by atoms with van der Waals surface area (Å²) in [4.78, 5) is 15.3. The minimum atomic E-state index is -0.238. The number of halogens is 2. The van der Waals surface area contributed by atoms with Crippen LogP contribution < -0.4 is 5.32 Å². The van der Waals surface area contributed by atoms with Gasteiger partial charge in [0.2, 0.25) is 5.91 Å². The largest absolute Gasteiger partial charge is 0.342 e. The van der Waals surface area contributed by atoms with Crippen molar-refractivity contribution in [3.05, 3.63) is 30.1 Å². The second-order valence-corrected chi connectivity index (χ2v) is 6.93. The fraction of sp³-hybridized carbons (Fsp3) is 0.562. The fourth-order valence-corrected chi connectivity index (χ4v) is 4.04. The van der Waals surface area contributed by atoms with Crippen molar-refractivity contribution in [2.75, 3.05) is 31.9 Å². The lowest BCUT2D eigenvalue weighted by molar-refractivity contribution is -0.128. The minimum Gasteiger partial charge on any atom is -0.342 e. The molecule has 0 bridgehead atoms. The molecule has 0 unspecified atom stereocenters. The molecule has 1 amide bonds. The van der Waals surface area contributed by atoms with Crippen molar-refractivity contribution >= 4 is 30.1 Å². The lowest BCUT2D eigenvalue weighted by atomic mass is 9.92. The van der Waals surface area contributed by atoms with E-state index in [0.29, 0.717) is 5.75 Å². The van der Waals surface area contributed by atoms with Gasteiger partial charge < -0.3 is 10.2 Å². The van der Waals surface area contributed by atoms with Gasteiger partial charge in [0, 0.05) is 18.0 Å². The molecule has 0 aromatic heterocycles. The van der Waals surface area contributed by atoms with Crippen LogP contribution in [0.4, 0.5) is 4.39 Å². The fourth-order valence-electron chi connectivity index (χ4n) is 3.23. The van der Waals surface area contributed by atoms with Crippen molar-refractivity contribution in [2.24, 2.45) is 11.8 Å². The summed E-state index contributed by atoms with van der Waals surface area (Å²) in [5, 5.41) is 3.45. The third-order valence-corrected chi connectivity index (χ3v) is 5.54. The molecule has 2 fully saturated rings. The molecule has 3 rings (SSSR count). The average molecular weight is 345 g/mol. The third-order valence-electron chi connectivity index (χ3n) is 4.55. The zero-order valence-corrected chi connectivity index (χ0v) is 14.1. The summed E-state index contributed by atoms with van der Waals surface area (Å²) in [5.41, 5.74) is 0. The molecular weight excluding hydrogens is 323 g/mol. The smallest absolute Gasteiger partial charge is 0.232 e. The Labute approximate surface area is 141 Å². The predicted molar refractivity (Wildman–Crippen MR) is 90.0 cm³/mol. The number of thioether (sulfide) groups is 1. The number of rotatable bonds is 3. The number of nitrogens with zero attached hydrogens (tertiary/aromatic N) is 1. The van der Waals surface area contributed by atoms with Crippen LogP contribution in [0.5, 0.6) is 0 Å². The second-order valence-electron chi connectivity index (χ2n) is 5.88. The van der Waals surface area contributed by atoms with Crippen LogP contribution in [0.2, 0.25) is 0 Å². The van der Waals surface area contributed by atoms with Gasteiger partial charge in [-0.3, -0.25) is 4.79 Å². The molecule has 0 radical (unpaired) electrons. The van der Waals surface area contributed by atoms with Gasteiger partial charge in [0.25, 0.3) is 0 Å². The highest BCUT2D eigenvalue weighted by Crippen LogP contribution is 2.27. The highest BCUT2D eigenvalue weighted by molar-refractivity contribution is 8.00. The van der Waals surface area contributed by atoms with E-state index in [0.717, 1.165) is 55.8 Å². The summed E-state index contributed by atoms with van der Waals surface area (Å²) in [6.07, 6.45) is 2.23. The number of hydrogen-bond donors (Lipinski definition) is 1. The first-order valence-electron chi connectivity index (χ1n) is 7.59. The van der Waals surface area contributed by atoms with Gasteiger partial charge in [-0.15, -0.1) is 24.2 Å². The molecule has 0 aliphatic carbocycles. The normalized spacial score (nSPS) is 24.3. The monoisotopic (exact) mass is 344 g/mol. The van der Waals surface area contributed by atoms with Crippen LogP contribution in [0.1, 0.15) is 12.8 Å². The van der Waals surface area contributed by atoms with Gasteiger partial charge in [-0.25, -0.2) is 4.39 Å². The third kappa shape index (κ3) is 4.37. The van der Waals surface area contributed by atoms with E-state index >= 15 is 0 Å². The second kappa shape index (κ2) is 8.18. The summed E-state index contributed by atoms with van der Waals surface area (Å²) < 4.78 is 12.8. The lowest BCUT2D eigenvalue weighted by Gasteiger charge is -2.20.